The minimum Gasteiger partial charge on any atom is -0.481 e. The Morgan fingerprint density at radius 3 is 0.843 bits per heavy atom. The van der Waals surface area contributed by atoms with Crippen LogP contribution < -0.4 is 105 Å². The quantitative estimate of drug-likeness (QED) is 0.0153. The summed E-state index contributed by atoms with van der Waals surface area (Å²) in [6, 6.07) is -18.2. The van der Waals surface area contributed by atoms with Gasteiger partial charge in [-0.2, -0.15) is 0 Å². The second-order valence-corrected chi connectivity index (χ2v) is 24.0. The maximum absolute atomic E-state index is 14.6. The SMILES string of the molecule is CC(C)[C@H](NC(=O)[C@@H](NC(=O)[C@H](CCC(=O)O)NC(=O)[C@H](CCCN=C(N)N)NC(=O)[C@H](CCCN=C(N)N)NC(=O)[C@H](CCCCN)NC(=O)[C@H](CCCCN)NC(=O)[C@@H](N)CCC(=O)O)[C@@H](C)O)C(=O)N[C@@H](CCC(=O)O)C(=O)N[C@@H](CCCN=C(N)N)C(=O)N[C@@H](CCC(=O)O)C(=O)O. The first-order valence-corrected chi connectivity index (χ1v) is 33.0. The molecule has 0 fully saturated rings. The van der Waals surface area contributed by atoms with E-state index in [-0.39, 0.29) is 115 Å². The Morgan fingerprint density at radius 2 is 0.559 bits per heavy atom. The van der Waals surface area contributed by atoms with E-state index in [0.717, 1.165) is 6.92 Å². The van der Waals surface area contributed by atoms with Crippen LogP contribution in [0.5, 0.6) is 0 Å². The number of aliphatic imine (C=N–C) groups is 3. The van der Waals surface area contributed by atoms with Crippen LogP contribution in [0.1, 0.15) is 149 Å². The molecule has 0 radical (unpaired) electrons. The molecule has 0 bridgehead atoms. The third-order valence-corrected chi connectivity index (χ3v) is 15.0. The molecule has 0 saturated heterocycles. The highest BCUT2D eigenvalue weighted by molar-refractivity contribution is 5.99. The Labute approximate surface area is 587 Å². The van der Waals surface area contributed by atoms with E-state index in [1.807, 2.05) is 0 Å². The number of guanidine groups is 3. The van der Waals surface area contributed by atoms with Crippen molar-refractivity contribution in [2.24, 2.45) is 72.5 Å². The van der Waals surface area contributed by atoms with Gasteiger partial charge in [0, 0.05) is 45.3 Å². The normalized spacial score (nSPS) is 14.5. The molecule has 0 saturated carbocycles. The number of nitrogens with zero attached hydrogens (tertiary/aromatic N) is 3. The first-order valence-electron chi connectivity index (χ1n) is 33.0. The van der Waals surface area contributed by atoms with Gasteiger partial charge in [0.2, 0.25) is 59.1 Å². The van der Waals surface area contributed by atoms with Crippen LogP contribution in [0.4, 0.5) is 0 Å². The molecule has 0 aliphatic carbocycles. The molecule has 12 atom stereocenters. The number of nitrogens with two attached hydrogens (primary N) is 9. The Morgan fingerprint density at radius 1 is 0.314 bits per heavy atom. The Hall–Kier alpha value is -10.3. The van der Waals surface area contributed by atoms with E-state index in [0.29, 0.717) is 19.3 Å². The lowest BCUT2D eigenvalue weighted by Crippen LogP contribution is -2.62. The fourth-order valence-corrected chi connectivity index (χ4v) is 9.46. The van der Waals surface area contributed by atoms with Gasteiger partial charge in [-0.3, -0.25) is 82.1 Å². The Bertz CT molecular complexity index is 2890. The van der Waals surface area contributed by atoms with Gasteiger partial charge in [-0.1, -0.05) is 13.8 Å². The summed E-state index contributed by atoms with van der Waals surface area (Å²) in [5.74, 6) is -20.1. The maximum atomic E-state index is 14.6. The number of hydrogen-bond donors (Lipinski definition) is 25. The van der Waals surface area contributed by atoms with Crippen LogP contribution in [0.15, 0.2) is 15.0 Å². The molecule has 0 rings (SSSR count). The molecule has 0 aliphatic heterocycles. The number of carboxylic acids is 5. The van der Waals surface area contributed by atoms with Crippen LogP contribution in [0.3, 0.4) is 0 Å². The second-order valence-electron chi connectivity index (χ2n) is 24.0. The van der Waals surface area contributed by atoms with Gasteiger partial charge >= 0.3 is 29.8 Å². The lowest BCUT2D eigenvalue weighted by atomic mass is 10.0. The molecule has 43 nitrogen and oxygen atoms in total. The predicted molar refractivity (Wildman–Crippen MR) is 364 cm³/mol. The first kappa shape index (κ1) is 91.7. The molecule has 0 aromatic rings. The van der Waals surface area contributed by atoms with E-state index in [1.165, 1.54) is 13.8 Å². The summed E-state index contributed by atoms with van der Waals surface area (Å²) in [6.07, 6.45) is -6.56. The van der Waals surface area contributed by atoms with Gasteiger partial charge in [0.15, 0.2) is 17.9 Å². The predicted octanol–water partition coefficient (Wildman–Crippen LogP) is -8.84. The molecule has 0 aromatic heterocycles. The number of carboxylic acid groups (broad SMARTS) is 5. The summed E-state index contributed by atoms with van der Waals surface area (Å²) in [5, 5.41) is 82.2. The van der Waals surface area contributed by atoms with Crippen molar-refractivity contribution in [3.8, 4) is 0 Å². The number of rotatable bonds is 55. The van der Waals surface area contributed by atoms with Gasteiger partial charge < -0.3 is 135 Å². The monoisotopic (exact) mass is 1460 g/mol. The maximum Gasteiger partial charge on any atom is 0.326 e. The smallest absolute Gasteiger partial charge is 0.326 e. The molecule has 578 valence electrons. The van der Waals surface area contributed by atoms with Crippen LogP contribution >= 0.6 is 0 Å². The van der Waals surface area contributed by atoms with Crippen LogP contribution in [0.25, 0.3) is 0 Å². The summed E-state index contributed by atoms with van der Waals surface area (Å²) >= 11 is 0. The minimum absolute atomic E-state index is 0.00454. The van der Waals surface area contributed by atoms with Gasteiger partial charge in [0.1, 0.15) is 60.4 Å². The number of aliphatic hydroxyl groups excluding tert-OH is 1. The number of aliphatic hydroxyl groups is 1. The van der Waals surface area contributed by atoms with Gasteiger partial charge in [-0.15, -0.1) is 0 Å². The first-order chi connectivity index (χ1) is 47.8. The van der Waals surface area contributed by atoms with E-state index in [2.05, 4.69) is 68.1 Å². The van der Waals surface area contributed by atoms with Crippen LogP contribution in [0, 0.1) is 5.92 Å². The molecule has 102 heavy (non-hydrogen) atoms. The van der Waals surface area contributed by atoms with Crippen molar-refractivity contribution in [3.05, 3.63) is 0 Å². The standard InChI is InChI=1S/C59H106N22O21/c1-29(2)44(54(99)78-37(17-21-41(85)86)52(97)76-36(15-10-28-71-59(67)68)51(96)79-39(56(101)102)19-23-43(89)90)80-55(100)45(30(3)82)81-53(98)38(18-22-42(87)88)77-50(95)35(14-9-27-70-58(65)66)75-49(94)34(13-8-26-69-57(63)64)74-48(93)33(12-5-7-25-61)73-47(92)32(11-4-6-24-60)72-46(91)31(62)16-20-40(83)84/h29-39,44-45,82H,4-28,60-62H2,1-3H3,(H,72,91)(H,73,92)(H,74,93)(H,75,94)(H,76,97)(H,77,95)(H,78,99)(H,79,96)(H,80,100)(H,81,98)(H,83,84)(H,85,86)(H,87,88)(H,89,90)(H,101,102)(H4,63,64,69)(H4,65,66,70)(H4,67,68,71)/t30-,31+,32+,33+,34+,35+,36+,37+,38+,39+,44+,45+/m1/s1. The minimum atomic E-state index is -2.04. The van der Waals surface area contributed by atoms with Crippen molar-refractivity contribution < 1.29 is 103 Å². The molecule has 0 aromatic carbocycles. The third kappa shape index (κ3) is 40.1. The average molecular weight is 1460 g/mol. The number of aliphatic carboxylic acids is 5. The average Bonchev–Trinajstić information content (AvgIpc) is 0.858. The van der Waals surface area contributed by atoms with Crippen molar-refractivity contribution in [1.82, 2.24) is 53.2 Å². The highest BCUT2D eigenvalue weighted by Crippen LogP contribution is 2.14. The molecule has 0 heterocycles. The van der Waals surface area contributed by atoms with Crippen LogP contribution in [0.2, 0.25) is 0 Å². The molecular weight excluding hydrogens is 1350 g/mol. The van der Waals surface area contributed by atoms with Gasteiger partial charge in [0.25, 0.3) is 0 Å². The molecule has 10 amide bonds. The Balaban J connectivity index is 7.36. The molecule has 0 unspecified atom stereocenters. The van der Waals surface area contributed by atoms with Gasteiger partial charge in [-0.25, -0.2) is 4.79 Å². The Kier molecular flexibility index (Phi) is 45.0. The van der Waals surface area contributed by atoms with E-state index in [4.69, 9.17) is 61.8 Å². The summed E-state index contributed by atoms with van der Waals surface area (Å²) in [6.45, 7) is 3.86. The van der Waals surface area contributed by atoms with E-state index >= 15 is 0 Å². The van der Waals surface area contributed by atoms with Crippen LogP contribution in [-0.2, 0) is 71.9 Å². The van der Waals surface area contributed by atoms with Gasteiger partial charge in [-0.05, 0) is 129 Å². The van der Waals surface area contributed by atoms with Crippen molar-refractivity contribution in [3.63, 3.8) is 0 Å². The largest absolute Gasteiger partial charge is 0.481 e. The number of nitrogens with one attached hydrogen (secondary N) is 10. The number of amides is 10. The fraction of sp³-hybridized carbons (Fsp3) is 0.695. The van der Waals surface area contributed by atoms with Crippen molar-refractivity contribution in [2.45, 2.75) is 222 Å². The van der Waals surface area contributed by atoms with E-state index < -0.39 is 212 Å². The summed E-state index contributed by atoms with van der Waals surface area (Å²) < 4.78 is 0. The van der Waals surface area contributed by atoms with Crippen molar-refractivity contribution in [2.75, 3.05) is 32.7 Å². The zero-order chi connectivity index (χ0) is 77.8. The van der Waals surface area contributed by atoms with Gasteiger partial charge in [0.05, 0.1) is 12.1 Å². The molecular formula is C59H106N22O21. The number of unbranched alkanes of at least 4 members (excludes halogenated alkanes) is 2. The van der Waals surface area contributed by atoms with Crippen LogP contribution in [-0.4, -0.2) is 243 Å². The molecule has 0 spiro atoms. The van der Waals surface area contributed by atoms with Crippen molar-refractivity contribution in [1.29, 1.82) is 0 Å². The summed E-state index contributed by atoms with van der Waals surface area (Å²) in [7, 11) is 0. The van der Waals surface area contributed by atoms with E-state index in [1.54, 1.807) is 0 Å². The van der Waals surface area contributed by atoms with E-state index in [9.17, 15) is 92.3 Å². The zero-order valence-electron chi connectivity index (χ0n) is 57.5. The number of hydrogen-bond acceptors (Lipinski definition) is 22. The highest BCUT2D eigenvalue weighted by atomic mass is 16.4. The van der Waals surface area contributed by atoms with Crippen molar-refractivity contribution >= 4 is 107 Å². The third-order valence-electron chi connectivity index (χ3n) is 15.0. The fourth-order valence-electron chi connectivity index (χ4n) is 9.46. The lowest BCUT2D eigenvalue weighted by molar-refractivity contribution is -0.144. The number of carbonyl (C=O) groups is 15. The number of carbonyl (C=O) groups excluding carboxylic acids is 10. The molecule has 0 aliphatic rings. The summed E-state index contributed by atoms with van der Waals surface area (Å²) in [5.41, 5.74) is 50.2. The highest BCUT2D eigenvalue weighted by Gasteiger charge is 2.38. The second kappa shape index (κ2) is 50.1. The lowest BCUT2D eigenvalue weighted by Gasteiger charge is -2.30. The summed E-state index contributed by atoms with van der Waals surface area (Å²) in [4.78, 5) is 210. The topological polar surface area (TPSA) is 769 Å². The zero-order valence-corrected chi connectivity index (χ0v) is 57.5. The molecule has 34 N–H and O–H groups in total. The molecule has 43 heteroatoms.